The Balaban J connectivity index is 2.86. The predicted molar refractivity (Wildman–Crippen MR) is 63.1 cm³/mol. The lowest BCUT2D eigenvalue weighted by Gasteiger charge is -2.29. The molecule has 1 heterocycles. The molecule has 1 rings (SSSR count). The highest BCUT2D eigenvalue weighted by Crippen LogP contribution is 2.23. The van der Waals surface area contributed by atoms with Crippen molar-refractivity contribution in [2.24, 2.45) is 5.73 Å². The Kier molecular flexibility index (Phi) is 5.19. The molecule has 1 saturated heterocycles. The van der Waals surface area contributed by atoms with Gasteiger partial charge in [0.05, 0.1) is 5.75 Å². The number of nitrogens with zero attached hydrogens (tertiary/aromatic N) is 1. The van der Waals surface area contributed by atoms with Crippen molar-refractivity contribution in [2.75, 3.05) is 25.4 Å². The van der Waals surface area contributed by atoms with Crippen molar-refractivity contribution in [1.82, 2.24) is 4.90 Å². The molecule has 1 atom stereocenters. The van der Waals surface area contributed by atoms with Gasteiger partial charge in [-0.2, -0.15) is 13.2 Å². The number of amides is 1. The Hall–Kier alpha value is -0.830. The molecule has 2 N–H and O–H groups in total. The molecule has 1 aliphatic heterocycles. The number of carbonyl (C=O) groups is 1. The van der Waals surface area contributed by atoms with Crippen molar-refractivity contribution in [3.8, 4) is 0 Å². The quantitative estimate of drug-likeness (QED) is 0.810. The largest absolute Gasteiger partial charge is 0.406 e. The van der Waals surface area contributed by atoms with Crippen molar-refractivity contribution >= 4 is 15.7 Å². The van der Waals surface area contributed by atoms with E-state index in [2.05, 4.69) is 0 Å². The second-order valence-electron chi connectivity index (χ2n) is 4.52. The predicted octanol–water partition coefficient (Wildman–Crippen LogP) is 0.303. The third kappa shape index (κ3) is 4.64. The fourth-order valence-corrected chi connectivity index (χ4v) is 3.95. The van der Waals surface area contributed by atoms with E-state index in [4.69, 9.17) is 5.73 Å². The molecule has 19 heavy (non-hydrogen) atoms. The second kappa shape index (κ2) is 6.08. The molecule has 0 spiro atoms. The Morgan fingerprint density at radius 2 is 1.95 bits per heavy atom. The standard InChI is InChI=1S/C10H17F3N2O3S/c11-10(12,13)7-15(5-4-14)9(16)8-3-1-2-6-19(8,17)18/h8H,1-7,14H2. The van der Waals surface area contributed by atoms with Gasteiger partial charge in [0.25, 0.3) is 0 Å². The molecule has 0 aliphatic carbocycles. The lowest BCUT2D eigenvalue weighted by molar-refractivity contribution is -0.160. The molecule has 0 aromatic carbocycles. The van der Waals surface area contributed by atoms with E-state index in [9.17, 15) is 26.4 Å². The topological polar surface area (TPSA) is 80.5 Å². The minimum atomic E-state index is -4.57. The Labute approximate surface area is 109 Å². The molecular formula is C10H17F3N2O3S. The van der Waals surface area contributed by atoms with E-state index < -0.39 is 33.7 Å². The van der Waals surface area contributed by atoms with Crippen LogP contribution in [0.25, 0.3) is 0 Å². The first-order chi connectivity index (χ1) is 8.67. The van der Waals surface area contributed by atoms with E-state index in [-0.39, 0.29) is 25.3 Å². The van der Waals surface area contributed by atoms with Crippen LogP contribution >= 0.6 is 0 Å². The molecule has 5 nitrogen and oxygen atoms in total. The van der Waals surface area contributed by atoms with Gasteiger partial charge < -0.3 is 10.6 Å². The van der Waals surface area contributed by atoms with Gasteiger partial charge in [-0.15, -0.1) is 0 Å². The van der Waals surface area contributed by atoms with Gasteiger partial charge in [-0.3, -0.25) is 4.79 Å². The van der Waals surface area contributed by atoms with Gasteiger partial charge in [-0.1, -0.05) is 6.42 Å². The average molecular weight is 302 g/mol. The fourth-order valence-electron chi connectivity index (χ4n) is 2.07. The zero-order valence-corrected chi connectivity index (χ0v) is 11.1. The highest BCUT2D eigenvalue weighted by Gasteiger charge is 2.40. The molecule has 9 heteroatoms. The maximum Gasteiger partial charge on any atom is 0.406 e. The molecule has 1 fully saturated rings. The van der Waals surface area contributed by atoms with Crippen LogP contribution in [0, 0.1) is 0 Å². The third-order valence-corrected chi connectivity index (χ3v) is 5.10. The van der Waals surface area contributed by atoms with Crippen LogP contribution in [-0.4, -0.2) is 56.0 Å². The van der Waals surface area contributed by atoms with Gasteiger partial charge in [-0.25, -0.2) is 8.42 Å². The number of hydrogen-bond acceptors (Lipinski definition) is 4. The molecule has 1 unspecified atom stereocenters. The van der Waals surface area contributed by atoms with Crippen LogP contribution in [0.4, 0.5) is 13.2 Å². The maximum atomic E-state index is 12.4. The summed E-state index contributed by atoms with van der Waals surface area (Å²) in [5.74, 6) is -1.13. The van der Waals surface area contributed by atoms with E-state index in [1.165, 1.54) is 0 Å². The van der Waals surface area contributed by atoms with Crippen LogP contribution in [0.15, 0.2) is 0 Å². The minimum absolute atomic E-state index is 0.0834. The summed E-state index contributed by atoms with van der Waals surface area (Å²) in [5.41, 5.74) is 5.17. The van der Waals surface area contributed by atoms with E-state index >= 15 is 0 Å². The zero-order chi connectivity index (χ0) is 14.7. The summed E-state index contributed by atoms with van der Waals surface area (Å²) >= 11 is 0. The number of rotatable bonds is 4. The molecular weight excluding hydrogens is 285 g/mol. The van der Waals surface area contributed by atoms with Crippen LogP contribution in [0.3, 0.4) is 0 Å². The average Bonchev–Trinajstić information content (AvgIpc) is 2.25. The van der Waals surface area contributed by atoms with Crippen molar-refractivity contribution in [3.05, 3.63) is 0 Å². The first-order valence-corrected chi connectivity index (χ1v) is 7.66. The van der Waals surface area contributed by atoms with Crippen molar-refractivity contribution in [2.45, 2.75) is 30.7 Å². The van der Waals surface area contributed by atoms with Crippen LogP contribution < -0.4 is 5.73 Å². The molecule has 0 saturated carbocycles. The summed E-state index contributed by atoms with van der Waals surface area (Å²) in [6.45, 7) is -1.91. The summed E-state index contributed by atoms with van der Waals surface area (Å²) in [6, 6.07) is 0. The van der Waals surface area contributed by atoms with E-state index in [1.807, 2.05) is 0 Å². The molecule has 0 aromatic heterocycles. The SMILES string of the molecule is NCCN(CC(F)(F)F)C(=O)C1CCCCS1(=O)=O. The number of carbonyl (C=O) groups excluding carboxylic acids is 1. The number of hydrogen-bond donors (Lipinski definition) is 1. The number of alkyl halides is 3. The van der Waals surface area contributed by atoms with Crippen molar-refractivity contribution < 1.29 is 26.4 Å². The van der Waals surface area contributed by atoms with Crippen LogP contribution in [0.5, 0.6) is 0 Å². The zero-order valence-electron chi connectivity index (χ0n) is 10.3. The van der Waals surface area contributed by atoms with Gasteiger partial charge in [0, 0.05) is 13.1 Å². The Morgan fingerprint density at radius 1 is 1.32 bits per heavy atom. The monoisotopic (exact) mass is 302 g/mol. The maximum absolute atomic E-state index is 12.4. The third-order valence-electron chi connectivity index (χ3n) is 2.93. The molecule has 1 aliphatic rings. The lowest BCUT2D eigenvalue weighted by atomic mass is 10.1. The Bertz CT molecular complexity index is 422. The summed E-state index contributed by atoms with van der Waals surface area (Å²) in [4.78, 5) is 12.5. The first kappa shape index (κ1) is 16.2. The highest BCUT2D eigenvalue weighted by molar-refractivity contribution is 7.92. The Morgan fingerprint density at radius 3 is 2.42 bits per heavy atom. The van der Waals surface area contributed by atoms with Gasteiger partial charge >= 0.3 is 6.18 Å². The van der Waals surface area contributed by atoms with Crippen molar-refractivity contribution in [1.29, 1.82) is 0 Å². The number of nitrogens with two attached hydrogens (primary N) is 1. The minimum Gasteiger partial charge on any atom is -0.331 e. The van der Waals surface area contributed by atoms with E-state index in [0.717, 1.165) is 0 Å². The van der Waals surface area contributed by atoms with E-state index in [0.29, 0.717) is 17.7 Å². The number of sulfone groups is 1. The van der Waals surface area contributed by atoms with Crippen LogP contribution in [0.2, 0.25) is 0 Å². The van der Waals surface area contributed by atoms with Gasteiger partial charge in [0.15, 0.2) is 9.84 Å². The molecule has 0 bridgehead atoms. The summed E-state index contributed by atoms with van der Waals surface area (Å²) < 4.78 is 60.6. The summed E-state index contributed by atoms with van der Waals surface area (Å²) in [7, 11) is -3.64. The van der Waals surface area contributed by atoms with Crippen LogP contribution in [0.1, 0.15) is 19.3 Å². The van der Waals surface area contributed by atoms with Crippen LogP contribution in [-0.2, 0) is 14.6 Å². The fraction of sp³-hybridized carbons (Fsp3) is 0.900. The second-order valence-corrected chi connectivity index (χ2v) is 6.82. The molecule has 0 radical (unpaired) electrons. The molecule has 112 valence electrons. The molecule has 0 aromatic rings. The van der Waals surface area contributed by atoms with Gasteiger partial charge in [0.2, 0.25) is 5.91 Å². The highest BCUT2D eigenvalue weighted by atomic mass is 32.2. The van der Waals surface area contributed by atoms with Gasteiger partial charge in [-0.05, 0) is 12.8 Å². The number of halogens is 3. The van der Waals surface area contributed by atoms with Gasteiger partial charge in [0.1, 0.15) is 11.8 Å². The smallest absolute Gasteiger partial charge is 0.331 e. The van der Waals surface area contributed by atoms with Crippen molar-refractivity contribution in [3.63, 3.8) is 0 Å². The summed E-state index contributed by atoms with van der Waals surface area (Å²) in [6.07, 6.45) is -3.51. The van der Waals surface area contributed by atoms with E-state index in [1.54, 1.807) is 0 Å². The normalized spacial score (nSPS) is 23.1. The first-order valence-electron chi connectivity index (χ1n) is 5.94. The lowest BCUT2D eigenvalue weighted by Crippen LogP contribution is -2.49. The molecule has 1 amide bonds. The summed E-state index contributed by atoms with van der Waals surface area (Å²) in [5, 5.41) is -1.35.